The van der Waals surface area contributed by atoms with Crippen LogP contribution in [0.5, 0.6) is 5.75 Å². The minimum Gasteiger partial charge on any atom is -0.496 e. The highest BCUT2D eigenvalue weighted by Crippen LogP contribution is 2.18. The second kappa shape index (κ2) is 9.86. The molecule has 0 atom stereocenters. The molecule has 0 bridgehead atoms. The molecular weight excluding hydrogens is 384 g/mol. The SMILES string of the molecule is COc1ccccc1CC(=O)OCC(=O)NCCc1ccc(S(N)(=O)=O)cc1. The molecule has 2 rings (SSSR count). The highest BCUT2D eigenvalue weighted by Gasteiger charge is 2.11. The molecule has 150 valence electrons. The maximum absolute atomic E-state index is 11.9. The molecule has 0 aliphatic carbocycles. The third-order valence-electron chi connectivity index (χ3n) is 3.88. The van der Waals surface area contributed by atoms with E-state index in [2.05, 4.69) is 5.32 Å². The number of ether oxygens (including phenoxy) is 2. The fraction of sp³-hybridized carbons (Fsp3) is 0.263. The molecule has 9 heteroatoms. The van der Waals surface area contributed by atoms with Crippen LogP contribution in [-0.4, -0.2) is 40.6 Å². The predicted molar refractivity (Wildman–Crippen MR) is 102 cm³/mol. The summed E-state index contributed by atoms with van der Waals surface area (Å²) in [7, 11) is -2.21. The second-order valence-corrected chi connectivity index (χ2v) is 7.50. The molecule has 0 saturated heterocycles. The fourth-order valence-electron chi connectivity index (χ4n) is 2.44. The molecular formula is C19H22N2O6S. The van der Waals surface area contributed by atoms with Gasteiger partial charge in [-0.3, -0.25) is 9.59 Å². The summed E-state index contributed by atoms with van der Waals surface area (Å²) < 4.78 is 32.5. The van der Waals surface area contributed by atoms with Crippen molar-refractivity contribution in [1.29, 1.82) is 0 Å². The molecule has 0 saturated carbocycles. The Morgan fingerprint density at radius 2 is 1.75 bits per heavy atom. The van der Waals surface area contributed by atoms with Crippen molar-refractivity contribution < 1.29 is 27.5 Å². The van der Waals surface area contributed by atoms with Gasteiger partial charge in [0.05, 0.1) is 18.4 Å². The van der Waals surface area contributed by atoms with Gasteiger partial charge < -0.3 is 14.8 Å². The van der Waals surface area contributed by atoms with Gasteiger partial charge in [0.2, 0.25) is 10.0 Å². The van der Waals surface area contributed by atoms with Gasteiger partial charge >= 0.3 is 5.97 Å². The first kappa shape index (κ1) is 21.4. The molecule has 3 N–H and O–H groups in total. The van der Waals surface area contributed by atoms with E-state index >= 15 is 0 Å². The molecule has 0 aliphatic heterocycles. The van der Waals surface area contributed by atoms with Crippen molar-refractivity contribution in [1.82, 2.24) is 5.32 Å². The van der Waals surface area contributed by atoms with Crippen molar-refractivity contribution in [2.45, 2.75) is 17.7 Å². The minimum atomic E-state index is -3.72. The van der Waals surface area contributed by atoms with Crippen molar-refractivity contribution >= 4 is 21.9 Å². The average molecular weight is 406 g/mol. The molecule has 2 aromatic rings. The van der Waals surface area contributed by atoms with Gasteiger partial charge in [-0.15, -0.1) is 0 Å². The predicted octanol–water partition coefficient (Wildman–Crippen LogP) is 0.787. The van der Waals surface area contributed by atoms with E-state index in [9.17, 15) is 18.0 Å². The van der Waals surface area contributed by atoms with Crippen LogP contribution in [0.3, 0.4) is 0 Å². The number of carbonyl (C=O) groups excluding carboxylic acids is 2. The Morgan fingerprint density at radius 1 is 1.07 bits per heavy atom. The molecule has 2 aromatic carbocycles. The normalized spacial score (nSPS) is 10.9. The van der Waals surface area contributed by atoms with Crippen LogP contribution in [0.1, 0.15) is 11.1 Å². The van der Waals surface area contributed by atoms with Crippen LogP contribution in [0.25, 0.3) is 0 Å². The third kappa shape index (κ3) is 6.67. The monoisotopic (exact) mass is 406 g/mol. The summed E-state index contributed by atoms with van der Waals surface area (Å²) in [5.41, 5.74) is 1.51. The molecule has 0 radical (unpaired) electrons. The van der Waals surface area contributed by atoms with Crippen LogP contribution in [-0.2, 0) is 37.2 Å². The number of methoxy groups -OCH3 is 1. The lowest BCUT2D eigenvalue weighted by atomic mass is 10.1. The third-order valence-corrected chi connectivity index (χ3v) is 4.81. The zero-order valence-corrected chi connectivity index (χ0v) is 16.2. The Bertz CT molecular complexity index is 926. The number of hydrogen-bond donors (Lipinski definition) is 2. The van der Waals surface area contributed by atoms with Gasteiger partial charge in [-0.25, -0.2) is 13.6 Å². The van der Waals surface area contributed by atoms with E-state index in [0.717, 1.165) is 5.56 Å². The van der Waals surface area contributed by atoms with Crippen LogP contribution in [0, 0.1) is 0 Å². The number of primary sulfonamides is 1. The molecule has 0 spiro atoms. The zero-order valence-electron chi connectivity index (χ0n) is 15.4. The highest BCUT2D eigenvalue weighted by atomic mass is 32.2. The van der Waals surface area contributed by atoms with Crippen LogP contribution < -0.4 is 15.2 Å². The van der Waals surface area contributed by atoms with Crippen LogP contribution >= 0.6 is 0 Å². The first-order chi connectivity index (χ1) is 13.3. The van der Waals surface area contributed by atoms with Crippen molar-refractivity contribution in [3.8, 4) is 5.75 Å². The zero-order chi connectivity index (χ0) is 20.6. The van der Waals surface area contributed by atoms with Crippen LogP contribution in [0.2, 0.25) is 0 Å². The lowest BCUT2D eigenvalue weighted by Gasteiger charge is -2.09. The Labute approximate surface area is 163 Å². The molecule has 0 aliphatic rings. The van der Waals surface area contributed by atoms with Crippen molar-refractivity contribution in [3.63, 3.8) is 0 Å². The summed E-state index contributed by atoms with van der Waals surface area (Å²) in [6.07, 6.45) is 0.499. The summed E-state index contributed by atoms with van der Waals surface area (Å²) >= 11 is 0. The Hall–Kier alpha value is -2.91. The van der Waals surface area contributed by atoms with E-state index < -0.39 is 21.9 Å². The molecule has 0 fully saturated rings. The van der Waals surface area contributed by atoms with Gasteiger partial charge in [-0.05, 0) is 30.2 Å². The maximum atomic E-state index is 11.9. The van der Waals surface area contributed by atoms with E-state index in [0.29, 0.717) is 24.3 Å². The number of nitrogens with two attached hydrogens (primary N) is 1. The van der Waals surface area contributed by atoms with Gasteiger partial charge in [-0.1, -0.05) is 30.3 Å². The van der Waals surface area contributed by atoms with Crippen molar-refractivity contribution in [2.24, 2.45) is 5.14 Å². The quantitative estimate of drug-likeness (QED) is 0.593. The number of rotatable bonds is 9. The summed E-state index contributed by atoms with van der Waals surface area (Å²) in [4.78, 5) is 23.7. The first-order valence-corrected chi connectivity index (χ1v) is 10.00. The second-order valence-electron chi connectivity index (χ2n) is 5.94. The molecule has 8 nitrogen and oxygen atoms in total. The van der Waals surface area contributed by atoms with Gasteiger partial charge in [0.15, 0.2) is 6.61 Å². The minimum absolute atomic E-state index is 0.00763. The number of benzene rings is 2. The van der Waals surface area contributed by atoms with E-state index in [4.69, 9.17) is 14.6 Å². The average Bonchev–Trinajstić information content (AvgIpc) is 2.66. The lowest BCUT2D eigenvalue weighted by molar-refractivity contribution is -0.147. The van der Waals surface area contributed by atoms with Gasteiger partial charge in [0.25, 0.3) is 5.91 Å². The topological polar surface area (TPSA) is 125 Å². The van der Waals surface area contributed by atoms with E-state index in [1.54, 1.807) is 36.4 Å². The first-order valence-electron chi connectivity index (χ1n) is 8.45. The number of hydrogen-bond acceptors (Lipinski definition) is 6. The molecule has 0 unspecified atom stereocenters. The standard InChI is InChI=1S/C19H22N2O6S/c1-26-17-5-3-2-4-15(17)12-19(23)27-13-18(22)21-11-10-14-6-8-16(9-7-14)28(20,24)25/h2-9H,10-13H2,1H3,(H,21,22)(H2,20,24,25). The van der Waals surface area contributed by atoms with Gasteiger partial charge in [0, 0.05) is 12.1 Å². The summed E-state index contributed by atoms with van der Waals surface area (Å²) in [5, 5.41) is 7.67. The molecule has 1 amide bonds. The number of esters is 1. The Kier molecular flexibility index (Phi) is 7.53. The summed E-state index contributed by atoms with van der Waals surface area (Å²) in [5.74, 6) is -0.370. The van der Waals surface area contributed by atoms with Crippen LogP contribution in [0.15, 0.2) is 53.4 Å². The van der Waals surface area contributed by atoms with E-state index in [1.807, 2.05) is 0 Å². The smallest absolute Gasteiger partial charge is 0.310 e. The Morgan fingerprint density at radius 3 is 2.39 bits per heavy atom. The van der Waals surface area contributed by atoms with Crippen molar-refractivity contribution in [2.75, 3.05) is 20.3 Å². The largest absolute Gasteiger partial charge is 0.496 e. The van der Waals surface area contributed by atoms with Crippen molar-refractivity contribution in [3.05, 3.63) is 59.7 Å². The van der Waals surface area contributed by atoms with E-state index in [1.165, 1.54) is 19.2 Å². The number of para-hydroxylation sites is 1. The Balaban J connectivity index is 1.72. The molecule has 0 aromatic heterocycles. The van der Waals surface area contributed by atoms with Gasteiger partial charge in [0.1, 0.15) is 5.75 Å². The number of carbonyl (C=O) groups is 2. The van der Waals surface area contributed by atoms with E-state index in [-0.39, 0.29) is 17.9 Å². The summed E-state index contributed by atoms with van der Waals surface area (Å²) in [6.45, 7) is -0.0596. The maximum Gasteiger partial charge on any atom is 0.310 e. The number of sulfonamides is 1. The number of amides is 1. The lowest BCUT2D eigenvalue weighted by Crippen LogP contribution is -2.30. The van der Waals surface area contributed by atoms with Gasteiger partial charge in [-0.2, -0.15) is 0 Å². The fourth-order valence-corrected chi connectivity index (χ4v) is 2.96. The molecule has 28 heavy (non-hydrogen) atoms. The number of nitrogens with one attached hydrogen (secondary N) is 1. The summed E-state index contributed by atoms with van der Waals surface area (Å²) in [6, 6.07) is 13.1. The van der Waals surface area contributed by atoms with Crippen LogP contribution in [0.4, 0.5) is 0 Å². The highest BCUT2D eigenvalue weighted by molar-refractivity contribution is 7.89. The molecule has 0 heterocycles.